The molecule has 28 heavy (non-hydrogen) atoms. The Hall–Kier alpha value is -3.61. The smallest absolute Gasteiger partial charge is 0.269 e. The molecule has 0 aliphatic heterocycles. The van der Waals surface area contributed by atoms with Gasteiger partial charge in [-0.2, -0.15) is 0 Å². The van der Waals surface area contributed by atoms with Crippen molar-refractivity contribution >= 4 is 17.5 Å². The zero-order valence-corrected chi connectivity index (χ0v) is 15.8. The third kappa shape index (κ3) is 4.76. The van der Waals surface area contributed by atoms with E-state index in [-0.39, 0.29) is 40.5 Å². The number of hydrogen-bond donors (Lipinski definition) is 2. The highest BCUT2D eigenvalue weighted by atomic mass is 16.6. The van der Waals surface area contributed by atoms with Gasteiger partial charge in [-0.1, -0.05) is 17.7 Å². The molecule has 0 spiro atoms. The minimum absolute atomic E-state index is 0.0503. The van der Waals surface area contributed by atoms with Crippen LogP contribution in [-0.4, -0.2) is 28.0 Å². The number of non-ortho nitro benzene ring substituents is 1. The normalized spacial score (nSPS) is 10.7. The molecule has 2 rings (SSSR count). The molecule has 0 aliphatic carbocycles. The van der Waals surface area contributed by atoms with Gasteiger partial charge in [-0.3, -0.25) is 14.9 Å². The molecule has 2 aromatic carbocycles. The second-order valence-electron chi connectivity index (χ2n) is 6.33. The summed E-state index contributed by atoms with van der Waals surface area (Å²) in [5.74, 6) is -0.976. The molecule has 0 fully saturated rings. The molecule has 0 saturated heterocycles. The van der Waals surface area contributed by atoms with E-state index in [4.69, 9.17) is 4.74 Å². The molecule has 0 aromatic heterocycles. The van der Waals surface area contributed by atoms with Crippen LogP contribution in [-0.2, 0) is 6.42 Å². The molecule has 0 unspecified atom stereocenters. The van der Waals surface area contributed by atoms with Gasteiger partial charge in [-0.05, 0) is 44.0 Å². The van der Waals surface area contributed by atoms with E-state index < -0.39 is 10.7 Å². The summed E-state index contributed by atoms with van der Waals surface area (Å²) in [6.45, 7) is 3.77. The minimum Gasteiger partial charge on any atom is -0.507 e. The highest BCUT2D eigenvalue weighted by Crippen LogP contribution is 2.39. The first-order chi connectivity index (χ1) is 13.2. The average molecular weight is 383 g/mol. The Bertz CT molecular complexity index is 954. The van der Waals surface area contributed by atoms with Crippen molar-refractivity contribution in [2.45, 2.75) is 20.3 Å². The van der Waals surface area contributed by atoms with Crippen molar-refractivity contribution in [3.05, 3.63) is 74.9 Å². The maximum absolute atomic E-state index is 12.7. The fourth-order valence-electron chi connectivity index (χ4n) is 2.54. The number of ether oxygens (including phenoxy) is 1. The van der Waals surface area contributed by atoms with E-state index in [2.05, 4.69) is 0 Å². The summed E-state index contributed by atoms with van der Waals surface area (Å²) < 4.78 is 5.14. The number of phenols is 2. The van der Waals surface area contributed by atoms with Crippen molar-refractivity contribution in [3.8, 4) is 17.2 Å². The van der Waals surface area contributed by atoms with E-state index in [0.29, 0.717) is 5.56 Å². The lowest BCUT2D eigenvalue weighted by atomic mass is 9.99. The average Bonchev–Trinajstić information content (AvgIpc) is 2.65. The number of carbonyl (C=O) groups is 1. The molecule has 2 aromatic rings. The fraction of sp³-hybridized carbons (Fsp3) is 0.190. The molecule has 2 N–H and O–H groups in total. The number of benzene rings is 2. The van der Waals surface area contributed by atoms with Crippen LogP contribution >= 0.6 is 0 Å². The molecular weight excluding hydrogens is 362 g/mol. The highest BCUT2D eigenvalue weighted by Gasteiger charge is 2.21. The molecular formula is C21H21NO6. The second-order valence-corrected chi connectivity index (χ2v) is 6.33. The molecule has 0 amide bonds. The SMILES string of the molecule is COc1cc(O)c(CC=C(C)C)c(O)c1C(=O)/C=C/c1ccc([N+](=O)[O-])cc1. The number of hydrogen-bond acceptors (Lipinski definition) is 6. The first kappa shape index (κ1) is 20.7. The van der Waals surface area contributed by atoms with Crippen molar-refractivity contribution in [2.24, 2.45) is 0 Å². The monoisotopic (exact) mass is 383 g/mol. The fourth-order valence-corrected chi connectivity index (χ4v) is 2.54. The van der Waals surface area contributed by atoms with Gasteiger partial charge in [-0.15, -0.1) is 0 Å². The number of nitro groups is 1. The van der Waals surface area contributed by atoms with Crippen molar-refractivity contribution in [2.75, 3.05) is 7.11 Å². The minimum atomic E-state index is -0.522. The summed E-state index contributed by atoms with van der Waals surface area (Å²) in [6, 6.07) is 6.98. The first-order valence-electron chi connectivity index (χ1n) is 8.46. The summed E-state index contributed by atoms with van der Waals surface area (Å²) in [6.07, 6.45) is 4.80. The van der Waals surface area contributed by atoms with Gasteiger partial charge in [0.2, 0.25) is 0 Å². The van der Waals surface area contributed by atoms with Crippen molar-refractivity contribution in [3.63, 3.8) is 0 Å². The van der Waals surface area contributed by atoms with Gasteiger partial charge in [-0.25, -0.2) is 0 Å². The van der Waals surface area contributed by atoms with Crippen LogP contribution in [0.1, 0.15) is 35.3 Å². The van der Waals surface area contributed by atoms with Gasteiger partial charge in [0.15, 0.2) is 5.78 Å². The summed E-state index contributed by atoms with van der Waals surface area (Å²) in [5, 5.41) is 31.4. The van der Waals surface area contributed by atoms with E-state index in [1.807, 2.05) is 19.9 Å². The van der Waals surface area contributed by atoms with Crippen molar-refractivity contribution in [1.82, 2.24) is 0 Å². The molecule has 146 valence electrons. The van der Waals surface area contributed by atoms with Crippen LogP contribution in [0.4, 0.5) is 5.69 Å². The first-order valence-corrected chi connectivity index (χ1v) is 8.46. The number of carbonyl (C=O) groups excluding carboxylic acids is 1. The van der Waals surface area contributed by atoms with Gasteiger partial charge in [0.05, 0.1) is 12.0 Å². The largest absolute Gasteiger partial charge is 0.507 e. The van der Waals surface area contributed by atoms with Crippen LogP contribution in [0, 0.1) is 10.1 Å². The highest BCUT2D eigenvalue weighted by molar-refractivity contribution is 6.11. The van der Waals surface area contributed by atoms with E-state index in [9.17, 15) is 25.1 Å². The topological polar surface area (TPSA) is 110 Å². The number of rotatable bonds is 7. The Balaban J connectivity index is 2.39. The second kappa shape index (κ2) is 8.85. The van der Waals surface area contributed by atoms with Gasteiger partial charge < -0.3 is 14.9 Å². The number of phenolic OH excluding ortho intramolecular Hbond substituents is 2. The Labute approximate surface area is 162 Å². The Morgan fingerprint density at radius 3 is 2.39 bits per heavy atom. The molecule has 0 saturated carbocycles. The number of nitrogens with zero attached hydrogens (tertiary/aromatic N) is 1. The lowest BCUT2D eigenvalue weighted by Crippen LogP contribution is -2.02. The predicted molar refractivity (Wildman–Crippen MR) is 106 cm³/mol. The quantitative estimate of drug-likeness (QED) is 0.241. The van der Waals surface area contributed by atoms with Crippen LogP contribution in [0.25, 0.3) is 6.08 Å². The van der Waals surface area contributed by atoms with Crippen molar-refractivity contribution < 1.29 is 24.7 Å². The number of allylic oxidation sites excluding steroid dienone is 3. The number of aromatic hydroxyl groups is 2. The maximum Gasteiger partial charge on any atom is 0.269 e. The van der Waals surface area contributed by atoms with Crippen LogP contribution < -0.4 is 4.74 Å². The van der Waals surface area contributed by atoms with Gasteiger partial charge >= 0.3 is 0 Å². The summed E-state index contributed by atoms with van der Waals surface area (Å²) >= 11 is 0. The summed E-state index contributed by atoms with van der Waals surface area (Å²) in [5.41, 5.74) is 1.71. The molecule has 0 heterocycles. The zero-order chi connectivity index (χ0) is 20.8. The summed E-state index contributed by atoms with van der Waals surface area (Å²) in [4.78, 5) is 22.8. The standard InChI is InChI=1S/C21H21NO6/c1-13(2)4-10-16-18(24)12-19(28-3)20(21(16)25)17(23)11-7-14-5-8-15(9-6-14)22(26)27/h4-9,11-12,24-25H,10H2,1-3H3/b11-7+. The number of methoxy groups -OCH3 is 1. The van der Waals surface area contributed by atoms with Gasteiger partial charge in [0.1, 0.15) is 22.8 Å². The van der Waals surface area contributed by atoms with E-state index in [0.717, 1.165) is 5.57 Å². The molecule has 7 nitrogen and oxygen atoms in total. The van der Waals surface area contributed by atoms with Crippen LogP contribution in [0.2, 0.25) is 0 Å². The predicted octanol–water partition coefficient (Wildman–Crippen LogP) is 4.42. The molecule has 0 aliphatic rings. The molecule has 7 heteroatoms. The van der Waals surface area contributed by atoms with Crippen LogP contribution in [0.5, 0.6) is 17.2 Å². The molecule has 0 bridgehead atoms. The Morgan fingerprint density at radius 1 is 1.21 bits per heavy atom. The number of nitro benzene ring substituents is 1. The van der Waals surface area contributed by atoms with Crippen LogP contribution in [0.3, 0.4) is 0 Å². The number of ketones is 1. The lowest BCUT2D eigenvalue weighted by molar-refractivity contribution is -0.384. The Kier molecular flexibility index (Phi) is 6.55. The summed E-state index contributed by atoms with van der Waals surface area (Å²) in [7, 11) is 1.33. The van der Waals surface area contributed by atoms with Gasteiger partial charge in [0, 0.05) is 23.8 Å². The van der Waals surface area contributed by atoms with E-state index >= 15 is 0 Å². The molecule has 0 atom stereocenters. The van der Waals surface area contributed by atoms with E-state index in [1.165, 1.54) is 49.6 Å². The van der Waals surface area contributed by atoms with Crippen LogP contribution in [0.15, 0.2) is 48.1 Å². The lowest BCUT2D eigenvalue weighted by Gasteiger charge is -2.13. The van der Waals surface area contributed by atoms with Gasteiger partial charge in [0.25, 0.3) is 5.69 Å². The zero-order valence-electron chi connectivity index (χ0n) is 15.8. The third-order valence-electron chi connectivity index (χ3n) is 4.06. The van der Waals surface area contributed by atoms with E-state index in [1.54, 1.807) is 0 Å². The maximum atomic E-state index is 12.7. The molecule has 0 radical (unpaired) electrons. The third-order valence-corrected chi connectivity index (χ3v) is 4.06. The van der Waals surface area contributed by atoms with Crippen molar-refractivity contribution in [1.29, 1.82) is 0 Å². The Morgan fingerprint density at radius 2 is 1.86 bits per heavy atom.